The topological polar surface area (TPSA) is 37.3 Å². The van der Waals surface area contributed by atoms with Crippen LogP contribution in [-0.2, 0) is 4.79 Å². The van der Waals surface area contributed by atoms with E-state index in [-0.39, 0.29) is 0 Å². The van der Waals surface area contributed by atoms with Gasteiger partial charge in [-0.3, -0.25) is 4.79 Å². The summed E-state index contributed by atoms with van der Waals surface area (Å²) < 4.78 is 33.4. The SMILES string of the molecule is O=C(Cl)C(O)C(F)(F)F. The molecule has 0 aliphatic carbocycles. The molecule has 0 aromatic rings. The average molecular weight is 162 g/mol. The Morgan fingerprint density at radius 2 is 1.89 bits per heavy atom. The van der Waals surface area contributed by atoms with Crippen molar-refractivity contribution in [3.05, 3.63) is 0 Å². The minimum atomic E-state index is -4.95. The summed E-state index contributed by atoms with van der Waals surface area (Å²) in [4.78, 5) is 9.59. The van der Waals surface area contributed by atoms with Crippen LogP contribution in [0.1, 0.15) is 0 Å². The van der Waals surface area contributed by atoms with E-state index in [2.05, 4.69) is 11.6 Å². The molecule has 0 radical (unpaired) electrons. The predicted octanol–water partition coefficient (Wildman–Crippen LogP) is 0.675. The van der Waals surface area contributed by atoms with Gasteiger partial charge in [0.1, 0.15) is 0 Å². The molecular formula is C3H2ClF3O2. The second-order valence-electron chi connectivity index (χ2n) is 1.25. The molecule has 0 saturated heterocycles. The van der Waals surface area contributed by atoms with Crippen LogP contribution < -0.4 is 0 Å². The summed E-state index contributed by atoms with van der Waals surface area (Å²) in [5.74, 6) is 0. The molecule has 0 aromatic heterocycles. The van der Waals surface area contributed by atoms with Crippen LogP contribution in [0.5, 0.6) is 0 Å². The minimum Gasteiger partial charge on any atom is -0.376 e. The third-order valence-corrected chi connectivity index (χ3v) is 0.732. The van der Waals surface area contributed by atoms with Crippen LogP contribution in [0.15, 0.2) is 0 Å². The largest absolute Gasteiger partial charge is 0.422 e. The second-order valence-corrected chi connectivity index (χ2v) is 1.62. The summed E-state index contributed by atoms with van der Waals surface area (Å²) in [6, 6.07) is 0. The lowest BCUT2D eigenvalue weighted by molar-refractivity contribution is -0.199. The maximum absolute atomic E-state index is 11.1. The van der Waals surface area contributed by atoms with Crippen molar-refractivity contribution in [2.45, 2.75) is 12.3 Å². The predicted molar refractivity (Wildman–Crippen MR) is 22.9 cm³/mol. The van der Waals surface area contributed by atoms with Crippen LogP contribution in [0.3, 0.4) is 0 Å². The van der Waals surface area contributed by atoms with Gasteiger partial charge in [0.2, 0.25) is 6.10 Å². The molecule has 0 saturated carbocycles. The van der Waals surface area contributed by atoms with Gasteiger partial charge in [-0.15, -0.1) is 0 Å². The summed E-state index contributed by atoms with van der Waals surface area (Å²) in [6.45, 7) is 0. The molecule has 0 bridgehead atoms. The van der Waals surface area contributed by atoms with E-state index in [9.17, 15) is 18.0 Å². The molecule has 9 heavy (non-hydrogen) atoms. The normalized spacial score (nSPS) is 15.2. The summed E-state index contributed by atoms with van der Waals surface area (Å²) >= 11 is 4.30. The number of alkyl halides is 3. The standard InChI is InChI=1S/C3H2ClF3O2/c4-2(9)1(8)3(5,6)7/h1,8H. The van der Waals surface area contributed by atoms with Gasteiger partial charge in [-0.05, 0) is 11.6 Å². The van der Waals surface area contributed by atoms with Gasteiger partial charge in [0.25, 0.3) is 5.24 Å². The fraction of sp³-hybridized carbons (Fsp3) is 0.667. The Balaban J connectivity index is 4.04. The minimum absolute atomic E-state index is 1.82. The van der Waals surface area contributed by atoms with Crippen molar-refractivity contribution in [2.75, 3.05) is 0 Å². The van der Waals surface area contributed by atoms with Gasteiger partial charge in [-0.25, -0.2) is 0 Å². The molecule has 1 unspecified atom stereocenters. The molecule has 6 heteroatoms. The lowest BCUT2D eigenvalue weighted by Gasteiger charge is -2.08. The van der Waals surface area contributed by atoms with E-state index in [1.807, 2.05) is 0 Å². The van der Waals surface area contributed by atoms with Crippen LogP contribution in [0.2, 0.25) is 0 Å². The molecule has 0 fully saturated rings. The van der Waals surface area contributed by atoms with Crippen molar-refractivity contribution >= 4 is 16.8 Å². The Kier molecular flexibility index (Phi) is 2.45. The van der Waals surface area contributed by atoms with Gasteiger partial charge in [-0.1, -0.05) is 0 Å². The number of carbonyl (C=O) groups is 1. The van der Waals surface area contributed by atoms with E-state index >= 15 is 0 Å². The van der Waals surface area contributed by atoms with E-state index in [0.29, 0.717) is 0 Å². The number of hydrogen-bond donors (Lipinski definition) is 1. The first-order valence-electron chi connectivity index (χ1n) is 1.80. The third kappa shape index (κ3) is 2.67. The van der Waals surface area contributed by atoms with E-state index in [1.54, 1.807) is 0 Å². The van der Waals surface area contributed by atoms with Gasteiger partial charge in [0.15, 0.2) is 0 Å². The molecule has 54 valence electrons. The van der Waals surface area contributed by atoms with E-state index < -0.39 is 17.5 Å². The molecule has 0 amide bonds. The lowest BCUT2D eigenvalue weighted by Crippen LogP contribution is -2.33. The van der Waals surface area contributed by atoms with Gasteiger partial charge in [0, 0.05) is 0 Å². The highest BCUT2D eigenvalue weighted by molar-refractivity contribution is 6.64. The van der Waals surface area contributed by atoms with Gasteiger partial charge >= 0.3 is 6.18 Å². The molecule has 1 atom stereocenters. The molecule has 2 nitrogen and oxygen atoms in total. The molecule has 0 rings (SSSR count). The Morgan fingerprint density at radius 3 is 1.89 bits per heavy atom. The maximum atomic E-state index is 11.1. The highest BCUT2D eigenvalue weighted by Crippen LogP contribution is 2.21. The van der Waals surface area contributed by atoms with E-state index in [1.165, 1.54) is 0 Å². The molecule has 0 aliphatic heterocycles. The number of halogens is 4. The van der Waals surface area contributed by atoms with Crippen LogP contribution in [0.25, 0.3) is 0 Å². The molecule has 0 spiro atoms. The summed E-state index contributed by atoms with van der Waals surface area (Å²) in [5.41, 5.74) is 0. The fourth-order valence-electron chi connectivity index (χ4n) is 0.129. The fourth-order valence-corrected chi connectivity index (χ4v) is 0.252. The van der Waals surface area contributed by atoms with E-state index in [0.717, 1.165) is 0 Å². The smallest absolute Gasteiger partial charge is 0.376 e. The summed E-state index contributed by atoms with van der Waals surface area (Å²) in [5, 5.41) is 6.04. The summed E-state index contributed by atoms with van der Waals surface area (Å²) in [7, 11) is 0. The summed E-state index contributed by atoms with van der Waals surface area (Å²) in [6.07, 6.45) is -8.00. The average Bonchev–Trinajstić information content (AvgIpc) is 1.62. The number of aliphatic hydroxyl groups is 1. The van der Waals surface area contributed by atoms with E-state index in [4.69, 9.17) is 5.11 Å². The maximum Gasteiger partial charge on any atom is 0.422 e. The molecule has 0 aliphatic rings. The van der Waals surface area contributed by atoms with Gasteiger partial charge < -0.3 is 5.11 Å². The van der Waals surface area contributed by atoms with Crippen LogP contribution in [-0.4, -0.2) is 22.6 Å². The first-order valence-corrected chi connectivity index (χ1v) is 2.17. The zero-order chi connectivity index (χ0) is 7.65. The van der Waals surface area contributed by atoms with Crippen molar-refractivity contribution in [1.82, 2.24) is 0 Å². The van der Waals surface area contributed by atoms with Crippen molar-refractivity contribution in [3.63, 3.8) is 0 Å². The Bertz CT molecular complexity index is 121. The highest BCUT2D eigenvalue weighted by Gasteiger charge is 2.42. The monoisotopic (exact) mass is 162 g/mol. The van der Waals surface area contributed by atoms with Crippen molar-refractivity contribution < 1.29 is 23.1 Å². The van der Waals surface area contributed by atoms with Gasteiger partial charge in [0.05, 0.1) is 0 Å². The Hall–Kier alpha value is -0.290. The number of hydrogen-bond acceptors (Lipinski definition) is 2. The Labute approximate surface area is 53.2 Å². The number of aliphatic hydroxyl groups excluding tert-OH is 1. The van der Waals surface area contributed by atoms with Crippen molar-refractivity contribution in [3.8, 4) is 0 Å². The lowest BCUT2D eigenvalue weighted by atomic mass is 10.4. The van der Waals surface area contributed by atoms with Gasteiger partial charge in [-0.2, -0.15) is 13.2 Å². The molecule has 0 aromatic carbocycles. The number of carbonyl (C=O) groups excluding carboxylic acids is 1. The highest BCUT2D eigenvalue weighted by atomic mass is 35.5. The molecular weight excluding hydrogens is 160 g/mol. The first-order chi connectivity index (χ1) is 3.85. The molecule has 0 heterocycles. The van der Waals surface area contributed by atoms with Crippen molar-refractivity contribution in [1.29, 1.82) is 0 Å². The third-order valence-electron chi connectivity index (χ3n) is 0.525. The van der Waals surface area contributed by atoms with Crippen LogP contribution in [0.4, 0.5) is 13.2 Å². The quantitative estimate of drug-likeness (QED) is 0.576. The molecule has 1 N–H and O–H groups in total. The zero-order valence-electron chi connectivity index (χ0n) is 3.94. The van der Waals surface area contributed by atoms with Crippen LogP contribution in [0, 0.1) is 0 Å². The number of rotatable bonds is 1. The first kappa shape index (κ1) is 8.71. The van der Waals surface area contributed by atoms with Crippen LogP contribution >= 0.6 is 11.6 Å². The Morgan fingerprint density at radius 1 is 1.56 bits per heavy atom. The zero-order valence-corrected chi connectivity index (χ0v) is 4.70. The second kappa shape index (κ2) is 2.53. The van der Waals surface area contributed by atoms with Crippen molar-refractivity contribution in [2.24, 2.45) is 0 Å².